The van der Waals surface area contributed by atoms with Gasteiger partial charge in [0, 0.05) is 24.4 Å². The van der Waals surface area contributed by atoms with Crippen LogP contribution in [0.15, 0.2) is 30.5 Å². The summed E-state index contributed by atoms with van der Waals surface area (Å²) in [5, 5.41) is 0. The molecule has 2 heterocycles. The van der Waals surface area contributed by atoms with E-state index in [0.29, 0.717) is 24.0 Å². The molecule has 2 aromatic rings. The van der Waals surface area contributed by atoms with Gasteiger partial charge in [-0.2, -0.15) is 0 Å². The van der Waals surface area contributed by atoms with Gasteiger partial charge in [-0.1, -0.05) is 32.3 Å². The lowest BCUT2D eigenvalue weighted by Crippen LogP contribution is -2.31. The van der Waals surface area contributed by atoms with Crippen LogP contribution in [0.3, 0.4) is 0 Å². The minimum atomic E-state index is 0.0166. The topological polar surface area (TPSA) is 79.8 Å². The van der Waals surface area contributed by atoms with Gasteiger partial charge in [0.05, 0.1) is 0 Å². The molecule has 0 saturated heterocycles. The van der Waals surface area contributed by atoms with Gasteiger partial charge >= 0.3 is 0 Å². The number of hydrogen-bond donors (Lipinski definition) is 2. The predicted octanol–water partition coefficient (Wildman–Crippen LogP) is 3.51. The third-order valence-corrected chi connectivity index (χ3v) is 4.56. The fraction of sp³-hybridized carbons (Fsp3) is 0.474. The average molecular weight is 339 g/mol. The molecule has 0 atom stereocenters. The van der Waals surface area contributed by atoms with Crippen molar-refractivity contribution in [2.45, 2.75) is 51.9 Å². The first-order valence-electron chi connectivity index (χ1n) is 9.09. The molecule has 0 aromatic carbocycles. The van der Waals surface area contributed by atoms with Crippen LogP contribution in [0.25, 0.3) is 11.5 Å². The Labute approximate surface area is 148 Å². The van der Waals surface area contributed by atoms with E-state index in [1.54, 1.807) is 6.20 Å². The van der Waals surface area contributed by atoms with Crippen molar-refractivity contribution in [1.29, 1.82) is 0 Å². The standard InChI is InChI=1S/C19H25N5O/c1-2-15-13-17(22-19(21-15)16-10-6-7-11-20-16)23-24-18(25)12-14-8-4-3-5-9-14/h6-7,10-11,13-14H,2-5,8-9,12H2,1H3,(H,24,25)(H,21,22,23). The highest BCUT2D eigenvalue weighted by molar-refractivity contribution is 5.77. The summed E-state index contributed by atoms with van der Waals surface area (Å²) >= 11 is 0. The highest BCUT2D eigenvalue weighted by Crippen LogP contribution is 2.26. The molecule has 0 unspecified atom stereocenters. The largest absolute Gasteiger partial charge is 0.282 e. The van der Waals surface area contributed by atoms with E-state index in [-0.39, 0.29) is 5.91 Å². The molecule has 1 saturated carbocycles. The Hall–Kier alpha value is -2.50. The number of hydrazine groups is 1. The number of amides is 1. The first-order chi connectivity index (χ1) is 12.2. The predicted molar refractivity (Wildman–Crippen MR) is 97.6 cm³/mol. The number of nitrogens with one attached hydrogen (secondary N) is 2. The maximum atomic E-state index is 12.2. The molecule has 0 aliphatic heterocycles. The van der Waals surface area contributed by atoms with Crippen LogP contribution < -0.4 is 10.9 Å². The average Bonchev–Trinajstić information content (AvgIpc) is 2.67. The Bertz CT molecular complexity index is 698. The summed E-state index contributed by atoms with van der Waals surface area (Å²) in [6, 6.07) is 7.49. The zero-order valence-electron chi connectivity index (χ0n) is 14.7. The minimum absolute atomic E-state index is 0.0166. The Morgan fingerprint density at radius 3 is 2.76 bits per heavy atom. The summed E-state index contributed by atoms with van der Waals surface area (Å²) in [7, 11) is 0. The van der Waals surface area contributed by atoms with Gasteiger partial charge in [-0.15, -0.1) is 0 Å². The lowest BCUT2D eigenvalue weighted by molar-refractivity contribution is -0.121. The van der Waals surface area contributed by atoms with Crippen LogP contribution in [-0.2, 0) is 11.2 Å². The lowest BCUT2D eigenvalue weighted by atomic mass is 9.87. The highest BCUT2D eigenvalue weighted by atomic mass is 16.2. The SMILES string of the molecule is CCc1cc(NNC(=O)CC2CCCCC2)nc(-c2ccccn2)n1. The van der Waals surface area contributed by atoms with E-state index < -0.39 is 0 Å². The van der Waals surface area contributed by atoms with Gasteiger partial charge in [0.2, 0.25) is 5.91 Å². The molecule has 2 aromatic heterocycles. The van der Waals surface area contributed by atoms with Crippen molar-refractivity contribution in [1.82, 2.24) is 20.4 Å². The number of carbonyl (C=O) groups is 1. The van der Waals surface area contributed by atoms with Crippen molar-refractivity contribution in [2.75, 3.05) is 5.43 Å². The molecule has 6 nitrogen and oxygen atoms in total. The molecule has 1 amide bonds. The molecule has 132 valence electrons. The highest BCUT2D eigenvalue weighted by Gasteiger charge is 2.17. The third kappa shape index (κ3) is 4.98. The summed E-state index contributed by atoms with van der Waals surface area (Å²) in [5.41, 5.74) is 7.34. The zero-order valence-corrected chi connectivity index (χ0v) is 14.7. The third-order valence-electron chi connectivity index (χ3n) is 4.56. The van der Waals surface area contributed by atoms with Gasteiger partial charge in [0.15, 0.2) is 5.82 Å². The van der Waals surface area contributed by atoms with E-state index in [9.17, 15) is 4.79 Å². The summed E-state index contributed by atoms with van der Waals surface area (Å²) in [6.45, 7) is 2.04. The van der Waals surface area contributed by atoms with E-state index in [1.807, 2.05) is 31.2 Å². The number of hydrogen-bond acceptors (Lipinski definition) is 5. The van der Waals surface area contributed by atoms with Gasteiger partial charge in [-0.25, -0.2) is 9.97 Å². The maximum Gasteiger partial charge on any atom is 0.238 e. The van der Waals surface area contributed by atoms with E-state index in [2.05, 4.69) is 25.8 Å². The number of rotatable bonds is 6. The van der Waals surface area contributed by atoms with Crippen LogP contribution in [0.5, 0.6) is 0 Å². The Balaban J connectivity index is 1.64. The van der Waals surface area contributed by atoms with Crippen molar-refractivity contribution in [2.24, 2.45) is 5.92 Å². The molecule has 0 spiro atoms. The van der Waals surface area contributed by atoms with E-state index in [0.717, 1.165) is 30.7 Å². The number of aromatic nitrogens is 3. The van der Waals surface area contributed by atoms with Gasteiger partial charge in [-0.05, 0) is 37.3 Å². The molecule has 1 aliphatic rings. The van der Waals surface area contributed by atoms with Crippen LogP contribution in [0.1, 0.15) is 51.1 Å². The summed E-state index contributed by atoms with van der Waals surface area (Å²) in [6.07, 6.45) is 9.17. The molecular weight excluding hydrogens is 314 g/mol. The van der Waals surface area contributed by atoms with Crippen molar-refractivity contribution >= 4 is 11.7 Å². The van der Waals surface area contributed by atoms with Crippen LogP contribution >= 0.6 is 0 Å². The quantitative estimate of drug-likeness (QED) is 0.787. The number of aryl methyl sites for hydroxylation is 1. The zero-order chi connectivity index (χ0) is 17.5. The molecule has 0 radical (unpaired) electrons. The van der Waals surface area contributed by atoms with E-state index in [4.69, 9.17) is 0 Å². The van der Waals surface area contributed by atoms with Crippen LogP contribution in [0, 0.1) is 5.92 Å². The summed E-state index contributed by atoms with van der Waals surface area (Å²) in [5.74, 6) is 1.67. The monoisotopic (exact) mass is 339 g/mol. The smallest absolute Gasteiger partial charge is 0.238 e. The fourth-order valence-electron chi connectivity index (χ4n) is 3.19. The van der Waals surface area contributed by atoms with Crippen molar-refractivity contribution in [3.05, 3.63) is 36.2 Å². The number of anilines is 1. The van der Waals surface area contributed by atoms with Gasteiger partial charge in [0.1, 0.15) is 11.5 Å². The Morgan fingerprint density at radius 2 is 2.04 bits per heavy atom. The van der Waals surface area contributed by atoms with Crippen molar-refractivity contribution in [3.63, 3.8) is 0 Å². The van der Waals surface area contributed by atoms with Crippen LogP contribution in [0.4, 0.5) is 5.82 Å². The van der Waals surface area contributed by atoms with Gasteiger partial charge in [0.25, 0.3) is 0 Å². The number of carbonyl (C=O) groups excluding carboxylic acids is 1. The first-order valence-corrected chi connectivity index (χ1v) is 9.09. The molecule has 1 aliphatic carbocycles. The minimum Gasteiger partial charge on any atom is -0.282 e. The Morgan fingerprint density at radius 1 is 1.20 bits per heavy atom. The molecule has 6 heteroatoms. The second-order valence-electron chi connectivity index (χ2n) is 6.52. The molecule has 1 fully saturated rings. The van der Waals surface area contributed by atoms with E-state index >= 15 is 0 Å². The molecule has 3 rings (SSSR count). The number of pyridine rings is 1. The summed E-state index contributed by atoms with van der Waals surface area (Å²) in [4.78, 5) is 25.5. The molecular formula is C19H25N5O. The normalized spacial score (nSPS) is 14.9. The molecule has 0 bridgehead atoms. The van der Waals surface area contributed by atoms with Crippen molar-refractivity contribution < 1.29 is 4.79 Å². The van der Waals surface area contributed by atoms with Crippen molar-refractivity contribution in [3.8, 4) is 11.5 Å². The van der Waals surface area contributed by atoms with E-state index in [1.165, 1.54) is 19.3 Å². The first kappa shape index (κ1) is 17.3. The Kier molecular flexibility index (Phi) is 5.93. The fourth-order valence-corrected chi connectivity index (χ4v) is 3.19. The molecule has 2 N–H and O–H groups in total. The maximum absolute atomic E-state index is 12.2. The van der Waals surface area contributed by atoms with Gasteiger partial charge < -0.3 is 0 Å². The van der Waals surface area contributed by atoms with Crippen LogP contribution in [-0.4, -0.2) is 20.9 Å². The second kappa shape index (κ2) is 8.55. The summed E-state index contributed by atoms with van der Waals surface area (Å²) < 4.78 is 0. The number of nitrogens with zero attached hydrogens (tertiary/aromatic N) is 3. The van der Waals surface area contributed by atoms with Crippen LogP contribution in [0.2, 0.25) is 0 Å². The second-order valence-corrected chi connectivity index (χ2v) is 6.52. The lowest BCUT2D eigenvalue weighted by Gasteiger charge is -2.21. The van der Waals surface area contributed by atoms with Gasteiger partial charge in [-0.3, -0.25) is 20.6 Å². The molecule has 25 heavy (non-hydrogen) atoms.